The largest absolute Gasteiger partial charge is 0.309 e. The molecule has 2 nitrogen and oxygen atoms in total. The van der Waals surface area contributed by atoms with Crippen LogP contribution in [0.15, 0.2) is 10.9 Å². The molecule has 0 aliphatic carbocycles. The highest BCUT2D eigenvalue weighted by atomic mass is 32.1. The molecule has 3 heteroatoms. The van der Waals surface area contributed by atoms with Crippen LogP contribution in [0.2, 0.25) is 0 Å². The van der Waals surface area contributed by atoms with Crippen LogP contribution in [-0.2, 0) is 6.54 Å². The third-order valence-corrected chi connectivity index (χ3v) is 2.67. The number of rotatable bonds is 4. The van der Waals surface area contributed by atoms with E-state index < -0.39 is 0 Å². The zero-order valence-corrected chi connectivity index (χ0v) is 10.3. The van der Waals surface area contributed by atoms with Crippen LogP contribution < -0.4 is 5.32 Å². The Morgan fingerprint density at radius 2 is 2.21 bits per heavy atom. The first-order valence-corrected chi connectivity index (χ1v) is 6.02. The summed E-state index contributed by atoms with van der Waals surface area (Å²) in [5.74, 6) is 0. The van der Waals surface area contributed by atoms with Crippen molar-refractivity contribution < 1.29 is 0 Å². The monoisotopic (exact) mass is 212 g/mol. The standard InChI is InChI=1S/C11H20N2S/c1-9(5-11(2,3)4)12-6-10-7-14-8-13-10/h7-9,12H,5-6H2,1-4H3. The third kappa shape index (κ3) is 4.72. The molecule has 0 radical (unpaired) electrons. The number of thiazole rings is 1. The van der Waals surface area contributed by atoms with E-state index in [0.29, 0.717) is 11.5 Å². The first kappa shape index (κ1) is 11.7. The molecular formula is C11H20N2S. The lowest BCUT2D eigenvalue weighted by Gasteiger charge is -2.23. The van der Waals surface area contributed by atoms with Gasteiger partial charge in [-0.2, -0.15) is 0 Å². The fourth-order valence-electron chi connectivity index (χ4n) is 1.59. The van der Waals surface area contributed by atoms with Crippen molar-refractivity contribution in [3.05, 3.63) is 16.6 Å². The molecule has 1 unspecified atom stereocenters. The Kier molecular flexibility index (Phi) is 4.08. The van der Waals surface area contributed by atoms with Crippen molar-refractivity contribution >= 4 is 11.3 Å². The number of aromatic nitrogens is 1. The minimum absolute atomic E-state index is 0.397. The summed E-state index contributed by atoms with van der Waals surface area (Å²) < 4.78 is 0. The lowest BCUT2D eigenvalue weighted by atomic mass is 9.89. The van der Waals surface area contributed by atoms with E-state index in [1.807, 2.05) is 5.51 Å². The summed E-state index contributed by atoms with van der Waals surface area (Å²) in [5.41, 5.74) is 3.43. The molecule has 1 N–H and O–H groups in total. The Balaban J connectivity index is 2.25. The number of hydrogen-bond donors (Lipinski definition) is 1. The van der Waals surface area contributed by atoms with Crippen molar-refractivity contribution in [1.29, 1.82) is 0 Å². The minimum atomic E-state index is 0.397. The maximum atomic E-state index is 4.24. The molecule has 0 saturated heterocycles. The van der Waals surface area contributed by atoms with Crippen LogP contribution in [0.25, 0.3) is 0 Å². The van der Waals surface area contributed by atoms with Gasteiger partial charge in [-0.3, -0.25) is 0 Å². The molecule has 0 aromatic carbocycles. The second-order valence-electron chi connectivity index (χ2n) is 5.03. The van der Waals surface area contributed by atoms with Crippen molar-refractivity contribution in [2.45, 2.75) is 46.7 Å². The average Bonchev–Trinajstić information content (AvgIpc) is 2.49. The first-order chi connectivity index (χ1) is 6.47. The molecule has 1 rings (SSSR count). The zero-order valence-electron chi connectivity index (χ0n) is 9.50. The van der Waals surface area contributed by atoms with Gasteiger partial charge in [-0.25, -0.2) is 4.98 Å². The predicted octanol–water partition coefficient (Wildman–Crippen LogP) is 3.06. The Morgan fingerprint density at radius 3 is 2.71 bits per heavy atom. The molecule has 1 atom stereocenters. The van der Waals surface area contributed by atoms with E-state index in [0.717, 1.165) is 12.2 Å². The van der Waals surface area contributed by atoms with Crippen LogP contribution in [0.1, 0.15) is 39.8 Å². The van der Waals surface area contributed by atoms with Crippen LogP contribution in [0.5, 0.6) is 0 Å². The molecule has 80 valence electrons. The molecule has 1 heterocycles. The van der Waals surface area contributed by atoms with Crippen LogP contribution in [0.4, 0.5) is 0 Å². The molecule has 1 aromatic rings. The van der Waals surface area contributed by atoms with Crippen molar-refractivity contribution in [3.8, 4) is 0 Å². The van der Waals surface area contributed by atoms with Gasteiger partial charge in [-0.1, -0.05) is 20.8 Å². The summed E-state index contributed by atoms with van der Waals surface area (Å²) >= 11 is 1.65. The van der Waals surface area contributed by atoms with E-state index in [1.165, 1.54) is 6.42 Å². The quantitative estimate of drug-likeness (QED) is 0.829. The van der Waals surface area contributed by atoms with Crippen molar-refractivity contribution in [1.82, 2.24) is 10.3 Å². The Labute approximate surface area is 90.8 Å². The predicted molar refractivity (Wildman–Crippen MR) is 62.5 cm³/mol. The van der Waals surface area contributed by atoms with E-state index in [1.54, 1.807) is 11.3 Å². The SMILES string of the molecule is CC(CC(C)(C)C)NCc1cscn1. The number of hydrogen-bond acceptors (Lipinski definition) is 3. The van der Waals surface area contributed by atoms with Gasteiger partial charge in [-0.15, -0.1) is 11.3 Å². The second kappa shape index (κ2) is 4.89. The fraction of sp³-hybridized carbons (Fsp3) is 0.727. The number of nitrogens with one attached hydrogen (secondary N) is 1. The minimum Gasteiger partial charge on any atom is -0.309 e. The van der Waals surface area contributed by atoms with Crippen LogP contribution >= 0.6 is 11.3 Å². The third-order valence-electron chi connectivity index (χ3n) is 2.03. The average molecular weight is 212 g/mol. The van der Waals surface area contributed by atoms with Gasteiger partial charge < -0.3 is 5.32 Å². The topological polar surface area (TPSA) is 24.9 Å². The lowest BCUT2D eigenvalue weighted by molar-refractivity contribution is 0.318. The molecule has 0 spiro atoms. The summed E-state index contributed by atoms with van der Waals surface area (Å²) in [4.78, 5) is 4.24. The van der Waals surface area contributed by atoms with Gasteiger partial charge in [0.15, 0.2) is 0 Å². The van der Waals surface area contributed by atoms with Crippen LogP contribution in [0.3, 0.4) is 0 Å². The molecule has 0 bridgehead atoms. The van der Waals surface area contributed by atoms with Crippen molar-refractivity contribution in [3.63, 3.8) is 0 Å². The van der Waals surface area contributed by atoms with Gasteiger partial charge in [0.2, 0.25) is 0 Å². The van der Waals surface area contributed by atoms with E-state index >= 15 is 0 Å². The smallest absolute Gasteiger partial charge is 0.0795 e. The summed E-state index contributed by atoms with van der Waals surface area (Å²) in [6.07, 6.45) is 1.19. The van der Waals surface area contributed by atoms with Gasteiger partial charge in [0.1, 0.15) is 0 Å². The van der Waals surface area contributed by atoms with Gasteiger partial charge in [0.25, 0.3) is 0 Å². The van der Waals surface area contributed by atoms with E-state index in [9.17, 15) is 0 Å². The van der Waals surface area contributed by atoms with E-state index in [2.05, 4.69) is 43.4 Å². The maximum absolute atomic E-state index is 4.24. The molecular weight excluding hydrogens is 192 g/mol. The van der Waals surface area contributed by atoms with Gasteiger partial charge in [-0.05, 0) is 18.8 Å². The lowest BCUT2D eigenvalue weighted by Crippen LogP contribution is -2.29. The summed E-state index contributed by atoms with van der Waals surface area (Å²) in [5, 5.41) is 5.58. The highest BCUT2D eigenvalue weighted by molar-refractivity contribution is 7.07. The first-order valence-electron chi connectivity index (χ1n) is 5.08. The molecule has 1 aromatic heterocycles. The zero-order chi connectivity index (χ0) is 10.6. The molecule has 0 aliphatic rings. The highest BCUT2D eigenvalue weighted by Gasteiger charge is 2.14. The second-order valence-corrected chi connectivity index (χ2v) is 5.75. The normalized spacial score (nSPS) is 14.3. The molecule has 0 saturated carbocycles. The Bertz CT molecular complexity index is 249. The summed E-state index contributed by atoms with van der Waals surface area (Å²) in [6, 6.07) is 0.552. The maximum Gasteiger partial charge on any atom is 0.0795 e. The van der Waals surface area contributed by atoms with Crippen LogP contribution in [0, 0.1) is 5.41 Å². The summed E-state index contributed by atoms with van der Waals surface area (Å²) in [7, 11) is 0. The van der Waals surface area contributed by atoms with Gasteiger partial charge >= 0.3 is 0 Å². The molecule has 0 fully saturated rings. The van der Waals surface area contributed by atoms with Crippen molar-refractivity contribution in [2.24, 2.45) is 5.41 Å². The number of nitrogens with zero attached hydrogens (tertiary/aromatic N) is 1. The molecule has 0 aliphatic heterocycles. The van der Waals surface area contributed by atoms with E-state index in [-0.39, 0.29) is 0 Å². The van der Waals surface area contributed by atoms with E-state index in [4.69, 9.17) is 0 Å². The molecule has 14 heavy (non-hydrogen) atoms. The Hall–Kier alpha value is -0.410. The summed E-state index contributed by atoms with van der Waals surface area (Å²) in [6.45, 7) is 9.94. The Morgan fingerprint density at radius 1 is 1.50 bits per heavy atom. The van der Waals surface area contributed by atoms with Gasteiger partial charge in [0, 0.05) is 18.0 Å². The van der Waals surface area contributed by atoms with Crippen LogP contribution in [-0.4, -0.2) is 11.0 Å². The van der Waals surface area contributed by atoms with Crippen molar-refractivity contribution in [2.75, 3.05) is 0 Å². The van der Waals surface area contributed by atoms with Gasteiger partial charge in [0.05, 0.1) is 11.2 Å². The molecule has 0 amide bonds. The highest BCUT2D eigenvalue weighted by Crippen LogP contribution is 2.20. The fourth-order valence-corrected chi connectivity index (χ4v) is 2.15.